The van der Waals surface area contributed by atoms with E-state index in [1.54, 1.807) is 10.7 Å². The molecule has 0 saturated carbocycles. The zero-order chi connectivity index (χ0) is 17.3. The first-order valence-electron chi connectivity index (χ1n) is 7.77. The number of carbonyl (C=O) groups is 2. The lowest BCUT2D eigenvalue weighted by molar-refractivity contribution is -0.150. The normalized spacial score (nSPS) is 20.1. The van der Waals surface area contributed by atoms with Crippen LogP contribution in [0.2, 0.25) is 0 Å². The number of hydrogen-bond donors (Lipinski definition) is 2. The van der Waals surface area contributed by atoms with Gasteiger partial charge in [0.05, 0.1) is 11.4 Å². The van der Waals surface area contributed by atoms with Crippen LogP contribution in [-0.4, -0.2) is 39.0 Å². The van der Waals surface area contributed by atoms with E-state index in [9.17, 15) is 9.59 Å². The summed E-state index contributed by atoms with van der Waals surface area (Å²) in [6.07, 6.45) is -0.885. The number of aryl methyl sites for hydroxylation is 2. The van der Waals surface area contributed by atoms with Gasteiger partial charge >= 0.3 is 5.97 Å². The highest BCUT2D eigenvalue weighted by molar-refractivity contribution is 5.95. The maximum atomic E-state index is 12.3. The molecule has 0 spiro atoms. The monoisotopic (exact) mass is 329 g/mol. The quantitative estimate of drug-likeness (QED) is 0.895. The van der Waals surface area contributed by atoms with E-state index in [1.807, 2.05) is 38.1 Å². The molecule has 7 heteroatoms. The van der Waals surface area contributed by atoms with Gasteiger partial charge in [-0.2, -0.15) is 5.10 Å². The number of carbonyl (C=O) groups excluding carboxylic acids is 1. The number of anilines is 1. The summed E-state index contributed by atoms with van der Waals surface area (Å²) in [5.74, 6) is -1.36. The van der Waals surface area contributed by atoms with Gasteiger partial charge in [-0.15, -0.1) is 0 Å². The summed E-state index contributed by atoms with van der Waals surface area (Å²) in [4.78, 5) is 23.1. The number of amides is 1. The number of benzene rings is 1. The van der Waals surface area contributed by atoms with Crippen LogP contribution in [0.1, 0.15) is 24.2 Å². The number of aliphatic carboxylic acids is 1. The van der Waals surface area contributed by atoms with Crippen LogP contribution in [0.4, 0.5) is 5.69 Å². The van der Waals surface area contributed by atoms with Crippen molar-refractivity contribution < 1.29 is 19.4 Å². The average Bonchev–Trinajstić information content (AvgIpc) is 3.14. The maximum absolute atomic E-state index is 12.3. The van der Waals surface area contributed by atoms with Gasteiger partial charge in [0.15, 0.2) is 6.10 Å². The van der Waals surface area contributed by atoms with Crippen molar-refractivity contribution in [1.82, 2.24) is 9.78 Å². The fraction of sp³-hybridized carbons (Fsp3) is 0.353. The van der Waals surface area contributed by atoms with Crippen LogP contribution in [0, 0.1) is 13.8 Å². The van der Waals surface area contributed by atoms with Crippen molar-refractivity contribution in [2.24, 2.45) is 0 Å². The Hall–Kier alpha value is -2.67. The molecule has 1 aromatic carbocycles. The van der Waals surface area contributed by atoms with E-state index in [-0.39, 0.29) is 5.91 Å². The molecular formula is C17H19N3O4. The van der Waals surface area contributed by atoms with E-state index in [0.717, 1.165) is 17.1 Å². The Morgan fingerprint density at radius 1 is 1.25 bits per heavy atom. The molecule has 1 fully saturated rings. The van der Waals surface area contributed by atoms with Crippen molar-refractivity contribution in [2.75, 3.05) is 5.32 Å². The van der Waals surface area contributed by atoms with E-state index >= 15 is 0 Å². The first-order valence-corrected chi connectivity index (χ1v) is 7.77. The van der Waals surface area contributed by atoms with Gasteiger partial charge in [-0.3, -0.25) is 4.79 Å². The number of aromatic nitrogens is 2. The van der Waals surface area contributed by atoms with Crippen LogP contribution < -0.4 is 5.32 Å². The van der Waals surface area contributed by atoms with E-state index in [4.69, 9.17) is 9.84 Å². The lowest BCUT2D eigenvalue weighted by Gasteiger charge is -2.13. The molecular weight excluding hydrogens is 310 g/mol. The molecule has 1 aromatic heterocycles. The zero-order valence-electron chi connectivity index (χ0n) is 13.5. The first-order chi connectivity index (χ1) is 11.4. The van der Waals surface area contributed by atoms with E-state index in [1.165, 1.54) is 0 Å². The SMILES string of the molecule is Cc1cc(C)n(-c2cccc(NC(=O)[C@@H]3CC[C@H](C(=O)O)O3)c2)n1. The molecule has 24 heavy (non-hydrogen) atoms. The molecule has 2 aromatic rings. The van der Waals surface area contributed by atoms with Crippen molar-refractivity contribution in [3.05, 3.63) is 41.7 Å². The second-order valence-corrected chi connectivity index (χ2v) is 5.91. The second-order valence-electron chi connectivity index (χ2n) is 5.91. The maximum Gasteiger partial charge on any atom is 0.332 e. The summed E-state index contributed by atoms with van der Waals surface area (Å²) >= 11 is 0. The lowest BCUT2D eigenvalue weighted by Crippen LogP contribution is -2.29. The molecule has 1 amide bonds. The van der Waals surface area contributed by atoms with Gasteiger partial charge < -0.3 is 15.2 Å². The van der Waals surface area contributed by atoms with Crippen LogP contribution in [0.15, 0.2) is 30.3 Å². The average molecular weight is 329 g/mol. The van der Waals surface area contributed by atoms with Gasteiger partial charge in [0.1, 0.15) is 6.10 Å². The van der Waals surface area contributed by atoms with Crippen LogP contribution >= 0.6 is 0 Å². The third kappa shape index (κ3) is 3.30. The molecule has 126 valence electrons. The highest BCUT2D eigenvalue weighted by atomic mass is 16.5. The number of carboxylic acids is 1. The molecule has 2 atom stereocenters. The van der Waals surface area contributed by atoms with Gasteiger partial charge in [0, 0.05) is 11.4 Å². The van der Waals surface area contributed by atoms with Crippen LogP contribution in [0.5, 0.6) is 0 Å². The van der Waals surface area contributed by atoms with Gasteiger partial charge in [-0.25, -0.2) is 9.48 Å². The Morgan fingerprint density at radius 3 is 2.62 bits per heavy atom. The third-order valence-electron chi connectivity index (χ3n) is 3.96. The Bertz CT molecular complexity index is 784. The van der Waals surface area contributed by atoms with Gasteiger partial charge in [0.2, 0.25) is 0 Å². The van der Waals surface area contributed by atoms with Crippen molar-refractivity contribution in [2.45, 2.75) is 38.9 Å². The number of ether oxygens (including phenoxy) is 1. The fourth-order valence-corrected chi connectivity index (χ4v) is 2.84. The van der Waals surface area contributed by atoms with Crippen molar-refractivity contribution in [3.8, 4) is 5.69 Å². The van der Waals surface area contributed by atoms with Crippen LogP contribution in [-0.2, 0) is 14.3 Å². The largest absolute Gasteiger partial charge is 0.479 e. The molecule has 1 aliphatic heterocycles. The summed E-state index contributed by atoms with van der Waals surface area (Å²) in [6.45, 7) is 3.88. The summed E-state index contributed by atoms with van der Waals surface area (Å²) in [7, 11) is 0. The zero-order valence-corrected chi connectivity index (χ0v) is 13.5. The van der Waals surface area contributed by atoms with Crippen molar-refractivity contribution >= 4 is 17.6 Å². The summed E-state index contributed by atoms with van der Waals surface area (Å²) in [5, 5.41) is 16.1. The molecule has 1 aliphatic rings. The van der Waals surface area contributed by atoms with E-state index in [2.05, 4.69) is 10.4 Å². The minimum absolute atomic E-state index is 0.329. The Kier molecular flexibility index (Phi) is 4.35. The highest BCUT2D eigenvalue weighted by Crippen LogP contribution is 2.22. The smallest absolute Gasteiger partial charge is 0.332 e. The topological polar surface area (TPSA) is 93.5 Å². The number of hydrogen-bond acceptors (Lipinski definition) is 4. The van der Waals surface area contributed by atoms with Crippen molar-refractivity contribution in [1.29, 1.82) is 0 Å². The molecule has 0 radical (unpaired) electrons. The molecule has 3 rings (SSSR count). The summed E-state index contributed by atoms with van der Waals surface area (Å²) < 4.78 is 7.07. The molecule has 2 heterocycles. The second kappa shape index (κ2) is 6.45. The summed E-state index contributed by atoms with van der Waals surface area (Å²) in [6, 6.07) is 9.31. The molecule has 2 N–H and O–H groups in total. The summed E-state index contributed by atoms with van der Waals surface area (Å²) in [5.41, 5.74) is 3.38. The van der Waals surface area contributed by atoms with Crippen LogP contribution in [0.25, 0.3) is 5.69 Å². The lowest BCUT2D eigenvalue weighted by atomic mass is 10.2. The number of carboxylic acid groups (broad SMARTS) is 1. The number of nitrogens with zero attached hydrogens (tertiary/aromatic N) is 2. The van der Waals surface area contributed by atoms with Gasteiger partial charge in [-0.05, 0) is 51.0 Å². The molecule has 7 nitrogen and oxygen atoms in total. The highest BCUT2D eigenvalue weighted by Gasteiger charge is 2.34. The standard InChI is InChI=1S/C17H19N3O4/c1-10-8-11(2)20(19-10)13-5-3-4-12(9-13)18-16(21)14-6-7-15(24-14)17(22)23/h3-5,8-9,14-15H,6-7H2,1-2H3,(H,18,21)(H,22,23)/t14-,15+/m0/s1. The number of rotatable bonds is 4. The fourth-order valence-electron chi connectivity index (χ4n) is 2.84. The van der Waals surface area contributed by atoms with Crippen LogP contribution in [0.3, 0.4) is 0 Å². The van der Waals surface area contributed by atoms with E-state index < -0.39 is 18.2 Å². The molecule has 0 aliphatic carbocycles. The first kappa shape index (κ1) is 16.2. The third-order valence-corrected chi connectivity index (χ3v) is 3.96. The Morgan fingerprint density at radius 2 is 2.00 bits per heavy atom. The minimum atomic E-state index is -1.03. The Balaban J connectivity index is 1.72. The predicted molar refractivity (Wildman–Crippen MR) is 87.2 cm³/mol. The Labute approximate surface area is 139 Å². The van der Waals surface area contributed by atoms with Crippen molar-refractivity contribution in [3.63, 3.8) is 0 Å². The minimum Gasteiger partial charge on any atom is -0.479 e. The van der Waals surface area contributed by atoms with Gasteiger partial charge in [-0.1, -0.05) is 6.07 Å². The van der Waals surface area contributed by atoms with E-state index in [0.29, 0.717) is 18.5 Å². The van der Waals surface area contributed by atoms with Gasteiger partial charge in [0.25, 0.3) is 5.91 Å². The molecule has 0 unspecified atom stereocenters. The molecule has 0 bridgehead atoms. The number of nitrogens with one attached hydrogen (secondary N) is 1. The predicted octanol–water partition coefficient (Wildman–Crippen LogP) is 2.06. The molecule has 1 saturated heterocycles.